The van der Waals surface area contributed by atoms with Crippen molar-refractivity contribution in [2.24, 2.45) is 10.9 Å². The third-order valence-electron chi connectivity index (χ3n) is 0.899. The molecule has 0 fully saturated rings. The molecule has 11 heavy (non-hydrogen) atoms. The fraction of sp³-hybridized carbons (Fsp3) is 0.444. The zero-order valence-electron chi connectivity index (χ0n) is 7.32. The lowest BCUT2D eigenvalue weighted by Crippen LogP contribution is -1.74. The summed E-state index contributed by atoms with van der Waals surface area (Å²) in [6.07, 6.45) is 5.83. The van der Waals surface area contributed by atoms with E-state index in [1.165, 1.54) is 0 Å². The Morgan fingerprint density at radius 2 is 2.09 bits per heavy atom. The summed E-state index contributed by atoms with van der Waals surface area (Å²) >= 11 is 1.60. The summed E-state index contributed by atoms with van der Waals surface area (Å²) in [5.41, 5.74) is 1.82. The predicted molar refractivity (Wildman–Crippen MR) is 54.9 cm³/mol. The van der Waals surface area contributed by atoms with Gasteiger partial charge in [-0.1, -0.05) is 37.8 Å². The van der Waals surface area contributed by atoms with Gasteiger partial charge < -0.3 is 0 Å². The zero-order chi connectivity index (χ0) is 8.53. The van der Waals surface area contributed by atoms with Gasteiger partial charge in [0.2, 0.25) is 0 Å². The lowest BCUT2D eigenvalue weighted by molar-refractivity contribution is 0.834. The number of hydrogen-bond acceptors (Lipinski definition) is 2. The zero-order valence-corrected chi connectivity index (χ0v) is 8.14. The first-order chi connectivity index (χ1) is 5.27. The minimum Gasteiger partial charge on any atom is -0.258 e. The lowest BCUT2D eigenvalue weighted by atomic mass is 10.2. The Hall–Kier alpha value is -0.500. The second kappa shape index (κ2) is 7.61. The Kier molecular flexibility index (Phi) is 7.26. The largest absolute Gasteiger partial charge is 0.258 e. The van der Waals surface area contributed by atoms with Crippen molar-refractivity contribution in [1.82, 2.24) is 0 Å². The van der Waals surface area contributed by atoms with Crippen LogP contribution < -0.4 is 0 Å². The second-order valence-electron chi connectivity index (χ2n) is 2.45. The first-order valence-electron chi connectivity index (χ1n) is 3.72. The molecule has 0 aliphatic carbocycles. The predicted octanol–water partition coefficient (Wildman–Crippen LogP) is 3.45. The Morgan fingerprint density at radius 3 is 2.64 bits per heavy atom. The second-order valence-corrected chi connectivity index (χ2v) is 3.20. The van der Waals surface area contributed by atoms with Crippen LogP contribution in [-0.2, 0) is 0 Å². The molecule has 0 aliphatic heterocycles. The van der Waals surface area contributed by atoms with Gasteiger partial charge >= 0.3 is 0 Å². The highest BCUT2D eigenvalue weighted by molar-refractivity contribution is 8.14. The minimum atomic E-state index is 0.623. The Morgan fingerprint density at radius 1 is 1.36 bits per heavy atom. The van der Waals surface area contributed by atoms with Crippen molar-refractivity contribution >= 4 is 17.3 Å². The van der Waals surface area contributed by atoms with Crippen LogP contribution in [-0.4, -0.2) is 5.55 Å². The summed E-state index contributed by atoms with van der Waals surface area (Å²) < 4.78 is 0. The molecule has 0 amide bonds. The summed E-state index contributed by atoms with van der Waals surface area (Å²) in [6.45, 7) is 6.26. The molecule has 0 aliphatic rings. The van der Waals surface area contributed by atoms with E-state index in [-0.39, 0.29) is 0 Å². The van der Waals surface area contributed by atoms with Crippen molar-refractivity contribution in [2.75, 3.05) is 0 Å². The van der Waals surface area contributed by atoms with Crippen molar-refractivity contribution in [3.05, 3.63) is 23.8 Å². The smallest absolute Gasteiger partial charge is 0.0638 e. The maximum Gasteiger partial charge on any atom is 0.0638 e. The average molecular weight is 169 g/mol. The summed E-state index contributed by atoms with van der Waals surface area (Å²) in [4.78, 5) is 3.99. The lowest BCUT2D eigenvalue weighted by Gasteiger charge is -1.89. The van der Waals surface area contributed by atoms with Crippen molar-refractivity contribution in [2.45, 2.75) is 20.8 Å². The molecule has 0 N–H and O–H groups in total. The number of nitrogens with zero attached hydrogens (tertiary/aromatic N) is 1. The quantitative estimate of drug-likeness (QED) is 0.464. The summed E-state index contributed by atoms with van der Waals surface area (Å²) in [5.74, 6) is 0.623. The van der Waals surface area contributed by atoms with Gasteiger partial charge in [-0.3, -0.25) is 4.99 Å². The number of hydrogen-bond donors (Lipinski definition) is 0. The van der Waals surface area contributed by atoms with Gasteiger partial charge in [0.05, 0.1) is 5.55 Å². The van der Waals surface area contributed by atoms with E-state index >= 15 is 0 Å². The van der Waals surface area contributed by atoms with Crippen LogP contribution in [0.1, 0.15) is 20.8 Å². The van der Waals surface area contributed by atoms with Gasteiger partial charge in [0, 0.05) is 6.20 Å². The van der Waals surface area contributed by atoms with E-state index in [0.717, 1.165) is 0 Å². The summed E-state index contributed by atoms with van der Waals surface area (Å²) in [7, 11) is 0. The molecule has 0 bridgehead atoms. The van der Waals surface area contributed by atoms with E-state index < -0.39 is 0 Å². The molecule has 1 nitrogen and oxygen atoms in total. The maximum atomic E-state index is 3.99. The van der Waals surface area contributed by atoms with E-state index in [0.29, 0.717) is 5.92 Å². The Bertz CT molecular complexity index is 157. The van der Waals surface area contributed by atoms with Crippen molar-refractivity contribution in [3.63, 3.8) is 0 Å². The average Bonchev–Trinajstić information content (AvgIpc) is 1.96. The first kappa shape index (κ1) is 10.5. The molecular formula is C9H15NS. The van der Waals surface area contributed by atoms with E-state index in [9.17, 15) is 0 Å². The van der Waals surface area contributed by atoms with Gasteiger partial charge in [0.1, 0.15) is 0 Å². The topological polar surface area (TPSA) is 12.4 Å². The van der Waals surface area contributed by atoms with Crippen LogP contribution in [0.5, 0.6) is 0 Å². The minimum absolute atomic E-state index is 0.623. The van der Waals surface area contributed by atoms with Gasteiger partial charge in [-0.05, 0) is 18.2 Å². The highest BCUT2D eigenvalue weighted by Crippen LogP contribution is 2.01. The van der Waals surface area contributed by atoms with Crippen LogP contribution in [0.25, 0.3) is 0 Å². The molecule has 0 radical (unpaired) electrons. The fourth-order valence-corrected chi connectivity index (χ4v) is 1.01. The van der Waals surface area contributed by atoms with Gasteiger partial charge in [-0.2, -0.15) is 0 Å². The molecule has 0 aromatic rings. The van der Waals surface area contributed by atoms with Crippen LogP contribution in [0.2, 0.25) is 0 Å². The van der Waals surface area contributed by atoms with Gasteiger partial charge in [0.15, 0.2) is 0 Å². The summed E-state index contributed by atoms with van der Waals surface area (Å²) in [6, 6.07) is 0. The number of allylic oxidation sites excluding steroid dienone is 2. The molecule has 0 aromatic carbocycles. The van der Waals surface area contributed by atoms with Gasteiger partial charge in [-0.25, -0.2) is 0 Å². The van der Waals surface area contributed by atoms with Gasteiger partial charge in [0.25, 0.3) is 0 Å². The Balaban J connectivity index is 3.40. The number of thioether (sulfide) groups is 1. The van der Waals surface area contributed by atoms with Crippen LogP contribution in [0.4, 0.5) is 0 Å². The van der Waals surface area contributed by atoms with E-state index in [2.05, 4.69) is 30.3 Å². The van der Waals surface area contributed by atoms with Crippen LogP contribution in [0, 0.1) is 5.92 Å². The molecule has 0 aromatic heterocycles. The maximum absolute atomic E-state index is 3.99. The van der Waals surface area contributed by atoms with Crippen LogP contribution in [0.15, 0.2) is 28.8 Å². The summed E-state index contributed by atoms with van der Waals surface area (Å²) in [5, 5.41) is 2.05. The number of aliphatic imine (C=N–C) groups is 1. The molecule has 0 heterocycles. The van der Waals surface area contributed by atoms with E-state index in [1.807, 2.05) is 18.5 Å². The standard InChI is InChI=1S/C9H15NS/c1-4-6-10-8-11-7-5-9(2)3/h4-9H,1-3H3/b6-4-,7-5+,10-8-. The molecule has 0 saturated carbocycles. The molecule has 0 atom stereocenters. The van der Waals surface area contributed by atoms with Crippen LogP contribution >= 0.6 is 11.8 Å². The fourth-order valence-electron chi connectivity index (χ4n) is 0.394. The first-order valence-corrected chi connectivity index (χ1v) is 4.66. The van der Waals surface area contributed by atoms with Crippen molar-refractivity contribution in [3.8, 4) is 0 Å². The number of rotatable bonds is 4. The Labute approximate surface area is 73.3 Å². The van der Waals surface area contributed by atoms with E-state index in [1.54, 1.807) is 18.0 Å². The van der Waals surface area contributed by atoms with Crippen molar-refractivity contribution < 1.29 is 0 Å². The highest BCUT2D eigenvalue weighted by Gasteiger charge is 1.80. The highest BCUT2D eigenvalue weighted by atomic mass is 32.2. The van der Waals surface area contributed by atoms with Crippen molar-refractivity contribution in [1.29, 1.82) is 0 Å². The molecule has 0 spiro atoms. The van der Waals surface area contributed by atoms with Gasteiger partial charge in [-0.15, -0.1) is 0 Å². The molecule has 0 saturated heterocycles. The normalized spacial score (nSPS) is 13.1. The molecule has 0 unspecified atom stereocenters. The molecule has 62 valence electrons. The van der Waals surface area contributed by atoms with Crippen LogP contribution in [0.3, 0.4) is 0 Å². The van der Waals surface area contributed by atoms with E-state index in [4.69, 9.17) is 0 Å². The third-order valence-corrected chi connectivity index (χ3v) is 1.46. The molecule has 2 heteroatoms. The molecule has 0 rings (SSSR count). The third kappa shape index (κ3) is 9.50. The monoisotopic (exact) mass is 169 g/mol. The molecular weight excluding hydrogens is 154 g/mol. The SMILES string of the molecule is C/C=C\N=C/S/C=C/C(C)C.